The highest BCUT2D eigenvalue weighted by molar-refractivity contribution is 7.13. The van der Waals surface area contributed by atoms with Crippen LogP contribution in [0.15, 0.2) is 46.8 Å². The number of nitrogens with zero attached hydrogens (tertiary/aromatic N) is 5. The highest BCUT2D eigenvalue weighted by atomic mass is 32.1. The van der Waals surface area contributed by atoms with Crippen LogP contribution in [-0.2, 0) is 10.3 Å². The quantitative estimate of drug-likeness (QED) is 0.507. The summed E-state index contributed by atoms with van der Waals surface area (Å²) in [5.41, 5.74) is -0.847. The summed E-state index contributed by atoms with van der Waals surface area (Å²) in [4.78, 5) is 37.0. The molecule has 1 saturated heterocycles. The van der Waals surface area contributed by atoms with E-state index >= 15 is 0 Å². The summed E-state index contributed by atoms with van der Waals surface area (Å²) in [5, 5.41) is 9.22. The Labute approximate surface area is 196 Å². The zero-order valence-corrected chi connectivity index (χ0v) is 19.7. The fourth-order valence-electron chi connectivity index (χ4n) is 3.70. The topological polar surface area (TPSA) is 102 Å². The largest absolute Gasteiger partial charge is 0.476 e. The van der Waals surface area contributed by atoms with Crippen LogP contribution < -0.4 is 20.5 Å². The minimum absolute atomic E-state index is 0.246. The standard InChI is InChI=1S/C23H28N6O3S/c1-23(2,29-21(30)9-8-17(27-29)18-7-6-14-33-18)22(31)24-10-13-32-20-15-19(25-16-26-20)28-11-4-3-5-12-28/h6-9,14-16H,3-5,10-13H2,1-2H3,(H,24,31). The van der Waals surface area contributed by atoms with Gasteiger partial charge in [0.25, 0.3) is 5.56 Å². The molecule has 1 N–H and O–H groups in total. The molecule has 0 unspecified atom stereocenters. The summed E-state index contributed by atoms with van der Waals surface area (Å²) < 4.78 is 6.95. The Balaban J connectivity index is 1.34. The van der Waals surface area contributed by atoms with Crippen molar-refractivity contribution < 1.29 is 9.53 Å². The molecule has 1 aliphatic rings. The number of ether oxygens (including phenoxy) is 1. The predicted molar refractivity (Wildman–Crippen MR) is 128 cm³/mol. The van der Waals surface area contributed by atoms with E-state index in [4.69, 9.17) is 4.74 Å². The van der Waals surface area contributed by atoms with E-state index in [1.54, 1.807) is 19.9 Å². The van der Waals surface area contributed by atoms with Crippen molar-refractivity contribution in [1.82, 2.24) is 25.1 Å². The Morgan fingerprint density at radius 3 is 2.76 bits per heavy atom. The van der Waals surface area contributed by atoms with Crippen molar-refractivity contribution in [2.24, 2.45) is 0 Å². The van der Waals surface area contributed by atoms with Gasteiger partial charge in [-0.2, -0.15) is 5.10 Å². The average Bonchev–Trinajstić information content (AvgIpc) is 3.38. The number of rotatable bonds is 8. The van der Waals surface area contributed by atoms with E-state index in [0.29, 0.717) is 11.6 Å². The van der Waals surface area contributed by atoms with Crippen molar-refractivity contribution in [2.75, 3.05) is 31.1 Å². The first-order chi connectivity index (χ1) is 15.9. The lowest BCUT2D eigenvalue weighted by Gasteiger charge is -2.27. The molecule has 1 fully saturated rings. The second-order valence-corrected chi connectivity index (χ2v) is 9.32. The number of hydrogen-bond donors (Lipinski definition) is 1. The SMILES string of the molecule is CC(C)(C(=O)NCCOc1cc(N2CCCCC2)ncn1)n1nc(-c2cccs2)ccc1=O. The first-order valence-corrected chi connectivity index (χ1v) is 12.0. The highest BCUT2D eigenvalue weighted by Gasteiger charge is 2.32. The van der Waals surface area contributed by atoms with Crippen molar-refractivity contribution in [2.45, 2.75) is 38.6 Å². The van der Waals surface area contributed by atoms with Crippen LogP contribution in [0.2, 0.25) is 0 Å². The number of anilines is 1. The Hall–Kier alpha value is -3.27. The maximum absolute atomic E-state index is 12.9. The van der Waals surface area contributed by atoms with Gasteiger partial charge in [0.2, 0.25) is 11.8 Å². The molecule has 1 aliphatic heterocycles. The first kappa shape index (κ1) is 22.9. The lowest BCUT2D eigenvalue weighted by atomic mass is 10.0. The van der Waals surface area contributed by atoms with Crippen LogP contribution in [0.3, 0.4) is 0 Å². The van der Waals surface area contributed by atoms with Gasteiger partial charge in [-0.05, 0) is 50.6 Å². The second kappa shape index (κ2) is 10.1. The molecule has 1 amide bonds. The van der Waals surface area contributed by atoms with Crippen molar-refractivity contribution in [3.05, 3.63) is 52.4 Å². The molecular formula is C23H28N6O3S. The summed E-state index contributed by atoms with van der Waals surface area (Å²) in [7, 11) is 0. The normalized spacial score (nSPS) is 14.2. The van der Waals surface area contributed by atoms with Crippen LogP contribution in [-0.4, -0.2) is 51.9 Å². The molecule has 0 bridgehead atoms. The third-order valence-electron chi connectivity index (χ3n) is 5.60. The summed E-state index contributed by atoms with van der Waals surface area (Å²) in [5.74, 6) is 1.02. The van der Waals surface area contributed by atoms with Crippen LogP contribution in [0.25, 0.3) is 10.6 Å². The van der Waals surface area contributed by atoms with Gasteiger partial charge in [0.15, 0.2) is 0 Å². The van der Waals surface area contributed by atoms with Gasteiger partial charge in [0.05, 0.1) is 11.4 Å². The van der Waals surface area contributed by atoms with Gasteiger partial charge < -0.3 is 15.0 Å². The number of thiophene rings is 1. The third-order valence-corrected chi connectivity index (χ3v) is 6.50. The molecule has 33 heavy (non-hydrogen) atoms. The Morgan fingerprint density at radius 2 is 2.00 bits per heavy atom. The number of carbonyl (C=O) groups is 1. The van der Waals surface area contributed by atoms with E-state index in [2.05, 4.69) is 25.3 Å². The summed E-state index contributed by atoms with van der Waals surface area (Å²) in [6, 6.07) is 8.79. The minimum Gasteiger partial charge on any atom is -0.476 e. The highest BCUT2D eigenvalue weighted by Crippen LogP contribution is 2.23. The molecule has 10 heteroatoms. The molecular weight excluding hydrogens is 440 g/mol. The lowest BCUT2D eigenvalue weighted by molar-refractivity contribution is -0.129. The average molecular weight is 469 g/mol. The van der Waals surface area contributed by atoms with Crippen molar-refractivity contribution in [3.63, 3.8) is 0 Å². The number of aromatic nitrogens is 4. The van der Waals surface area contributed by atoms with Crippen molar-refractivity contribution in [3.8, 4) is 16.5 Å². The predicted octanol–water partition coefficient (Wildman–Crippen LogP) is 2.68. The van der Waals surface area contributed by atoms with E-state index < -0.39 is 5.54 Å². The molecule has 4 rings (SSSR count). The molecule has 0 spiro atoms. The molecule has 9 nitrogen and oxygen atoms in total. The monoisotopic (exact) mass is 468 g/mol. The van der Waals surface area contributed by atoms with Gasteiger partial charge in [-0.15, -0.1) is 11.3 Å². The van der Waals surface area contributed by atoms with Crippen LogP contribution in [0.4, 0.5) is 5.82 Å². The van der Waals surface area contributed by atoms with Gasteiger partial charge in [0.1, 0.15) is 30.0 Å². The molecule has 0 saturated carbocycles. The Kier molecular flexibility index (Phi) is 7.02. The van der Waals surface area contributed by atoms with E-state index in [-0.39, 0.29) is 24.6 Å². The minimum atomic E-state index is -1.17. The van der Waals surface area contributed by atoms with Crippen LogP contribution in [0.5, 0.6) is 5.88 Å². The lowest BCUT2D eigenvalue weighted by Crippen LogP contribution is -2.50. The van der Waals surface area contributed by atoms with Crippen LogP contribution in [0, 0.1) is 0 Å². The molecule has 0 atom stereocenters. The fourth-order valence-corrected chi connectivity index (χ4v) is 4.40. The molecule has 174 valence electrons. The summed E-state index contributed by atoms with van der Waals surface area (Å²) in [6.45, 7) is 5.84. The summed E-state index contributed by atoms with van der Waals surface area (Å²) >= 11 is 1.53. The van der Waals surface area contributed by atoms with E-state index in [1.165, 1.54) is 34.8 Å². The fraction of sp³-hybridized carbons (Fsp3) is 0.435. The zero-order chi connectivity index (χ0) is 23.3. The number of piperidine rings is 1. The van der Waals surface area contributed by atoms with E-state index in [0.717, 1.165) is 36.6 Å². The zero-order valence-electron chi connectivity index (χ0n) is 18.9. The van der Waals surface area contributed by atoms with Gasteiger partial charge in [0, 0.05) is 25.2 Å². The van der Waals surface area contributed by atoms with Gasteiger partial charge >= 0.3 is 0 Å². The number of hydrogen-bond acceptors (Lipinski definition) is 8. The smallest absolute Gasteiger partial charge is 0.267 e. The molecule has 3 aromatic heterocycles. The molecule has 0 radical (unpaired) electrons. The maximum Gasteiger partial charge on any atom is 0.267 e. The first-order valence-electron chi connectivity index (χ1n) is 11.1. The van der Waals surface area contributed by atoms with E-state index in [1.807, 2.05) is 23.6 Å². The maximum atomic E-state index is 12.9. The number of nitrogens with one attached hydrogen (secondary N) is 1. The van der Waals surface area contributed by atoms with E-state index in [9.17, 15) is 9.59 Å². The van der Waals surface area contributed by atoms with Crippen LogP contribution in [0.1, 0.15) is 33.1 Å². The molecule has 0 aromatic carbocycles. The van der Waals surface area contributed by atoms with Gasteiger partial charge in [-0.25, -0.2) is 14.6 Å². The van der Waals surface area contributed by atoms with Crippen LogP contribution >= 0.6 is 11.3 Å². The van der Waals surface area contributed by atoms with Gasteiger partial charge in [-0.3, -0.25) is 9.59 Å². The second-order valence-electron chi connectivity index (χ2n) is 8.37. The Bertz CT molecular complexity index is 1140. The van der Waals surface area contributed by atoms with Crippen molar-refractivity contribution >= 4 is 23.1 Å². The van der Waals surface area contributed by atoms with Gasteiger partial charge in [-0.1, -0.05) is 6.07 Å². The summed E-state index contributed by atoms with van der Waals surface area (Å²) in [6.07, 6.45) is 5.08. The Morgan fingerprint density at radius 1 is 1.18 bits per heavy atom. The third kappa shape index (κ3) is 5.39. The number of amides is 1. The molecule has 3 aromatic rings. The molecule has 4 heterocycles. The number of carbonyl (C=O) groups excluding carboxylic acids is 1. The molecule has 0 aliphatic carbocycles. The van der Waals surface area contributed by atoms with Crippen molar-refractivity contribution in [1.29, 1.82) is 0 Å².